The molecule has 0 atom stereocenters. The van der Waals surface area contributed by atoms with Crippen LogP contribution in [0.1, 0.15) is 68.2 Å². The van der Waals surface area contributed by atoms with Gasteiger partial charge in [-0.05, 0) is 96.1 Å². The van der Waals surface area contributed by atoms with Crippen molar-refractivity contribution in [1.82, 2.24) is 0 Å². The summed E-state index contributed by atoms with van der Waals surface area (Å²) in [5.74, 6) is 0.864. The van der Waals surface area contributed by atoms with Gasteiger partial charge in [0.15, 0.2) is 0 Å². The Bertz CT molecular complexity index is 1260. The van der Waals surface area contributed by atoms with Gasteiger partial charge >= 0.3 is 0 Å². The highest BCUT2D eigenvalue weighted by atomic mass is 16.3. The van der Waals surface area contributed by atoms with E-state index in [4.69, 9.17) is 0 Å². The van der Waals surface area contributed by atoms with E-state index < -0.39 is 5.41 Å². The van der Waals surface area contributed by atoms with E-state index in [1.54, 1.807) is 48.5 Å². The minimum atomic E-state index is -0.403. The van der Waals surface area contributed by atoms with E-state index in [0.717, 1.165) is 59.1 Å². The summed E-state index contributed by atoms with van der Waals surface area (Å²) < 4.78 is 0. The molecule has 0 aliphatic heterocycles. The predicted molar refractivity (Wildman–Crippen MR) is 154 cm³/mol. The fourth-order valence-electron chi connectivity index (χ4n) is 5.44. The van der Waals surface area contributed by atoms with Crippen molar-refractivity contribution in [1.29, 1.82) is 0 Å². The van der Waals surface area contributed by atoms with E-state index in [0.29, 0.717) is 6.42 Å². The minimum absolute atomic E-state index is 0.207. The lowest BCUT2D eigenvalue weighted by molar-refractivity contribution is 0.436. The topological polar surface area (TPSA) is 80.9 Å². The lowest BCUT2D eigenvalue weighted by Gasteiger charge is -2.37. The first-order valence-corrected chi connectivity index (χ1v) is 13.2. The molecular formula is C34H36O4. The molecule has 4 nitrogen and oxygen atoms in total. The lowest BCUT2D eigenvalue weighted by Crippen LogP contribution is -2.29. The number of aromatic hydroxyl groups is 4. The Kier molecular flexibility index (Phi) is 8.42. The van der Waals surface area contributed by atoms with Crippen LogP contribution in [0.15, 0.2) is 103 Å². The van der Waals surface area contributed by atoms with Crippen molar-refractivity contribution in [2.45, 2.75) is 51.4 Å². The molecule has 0 unspecified atom stereocenters. The summed E-state index contributed by atoms with van der Waals surface area (Å²) in [5, 5.41) is 40.0. The minimum Gasteiger partial charge on any atom is -0.508 e. The van der Waals surface area contributed by atoms with Crippen LogP contribution in [0.3, 0.4) is 0 Å². The van der Waals surface area contributed by atoms with Gasteiger partial charge in [0.05, 0.1) is 0 Å². The van der Waals surface area contributed by atoms with E-state index in [1.165, 1.54) is 0 Å². The van der Waals surface area contributed by atoms with Gasteiger partial charge in [-0.1, -0.05) is 80.3 Å². The quantitative estimate of drug-likeness (QED) is 0.162. The Labute approximate surface area is 225 Å². The normalized spacial score (nSPS) is 11.3. The number of phenolic OH excluding ortho intramolecular Hbond substituents is 4. The standard InChI is InChI=1S/C34H36O4/c1-3-4-5-22-34(27-10-18-31(37)19-11-27,28-12-20-32(38)21-13-28)23-24(2)33(25-6-14-29(35)15-7-25)26-8-16-30(36)17-9-26/h6-21,35-38H,3-5,22-23H2,1-2H3. The highest BCUT2D eigenvalue weighted by molar-refractivity contribution is 5.82. The van der Waals surface area contributed by atoms with Crippen LogP contribution in [0.2, 0.25) is 0 Å². The van der Waals surface area contributed by atoms with E-state index in [2.05, 4.69) is 13.8 Å². The second-order valence-corrected chi connectivity index (χ2v) is 10.1. The molecule has 0 fully saturated rings. The third-order valence-electron chi connectivity index (χ3n) is 7.35. The summed E-state index contributed by atoms with van der Waals surface area (Å²) in [6.07, 6.45) is 4.82. The average Bonchev–Trinajstić information content (AvgIpc) is 2.91. The Morgan fingerprint density at radius 3 is 1.29 bits per heavy atom. The third-order valence-corrected chi connectivity index (χ3v) is 7.35. The molecule has 0 spiro atoms. The summed E-state index contributed by atoms with van der Waals surface area (Å²) in [5.41, 5.74) is 5.95. The van der Waals surface area contributed by atoms with Crippen LogP contribution < -0.4 is 0 Å². The maximum atomic E-state index is 10.1. The number of hydrogen-bond donors (Lipinski definition) is 4. The van der Waals surface area contributed by atoms with Gasteiger partial charge in [0.25, 0.3) is 0 Å². The maximum Gasteiger partial charge on any atom is 0.115 e. The van der Waals surface area contributed by atoms with Gasteiger partial charge in [-0.25, -0.2) is 0 Å². The molecule has 0 bridgehead atoms. The third kappa shape index (κ3) is 6.03. The summed E-state index contributed by atoms with van der Waals surface area (Å²) in [6.45, 7) is 4.34. The Hall–Kier alpha value is -4.18. The highest BCUT2D eigenvalue weighted by Crippen LogP contribution is 2.45. The molecule has 0 saturated heterocycles. The molecule has 0 heterocycles. The van der Waals surface area contributed by atoms with Gasteiger partial charge in [0, 0.05) is 5.41 Å². The molecule has 4 aromatic carbocycles. The molecule has 4 heteroatoms. The zero-order valence-corrected chi connectivity index (χ0v) is 22.1. The lowest BCUT2D eigenvalue weighted by atomic mass is 9.66. The molecular weight excluding hydrogens is 472 g/mol. The van der Waals surface area contributed by atoms with E-state index in [1.807, 2.05) is 48.5 Å². The first kappa shape index (κ1) is 26.9. The molecule has 4 aromatic rings. The fourth-order valence-corrected chi connectivity index (χ4v) is 5.44. The van der Waals surface area contributed by atoms with Gasteiger partial charge in [-0.2, -0.15) is 0 Å². The van der Waals surface area contributed by atoms with Crippen LogP contribution in [0.5, 0.6) is 23.0 Å². The molecule has 0 radical (unpaired) electrons. The SMILES string of the molecule is CCCCCC(CC(C)=C(c1ccc(O)cc1)c1ccc(O)cc1)(c1ccc(O)cc1)c1ccc(O)cc1. The summed E-state index contributed by atoms with van der Waals surface area (Å²) >= 11 is 0. The smallest absolute Gasteiger partial charge is 0.115 e. The zero-order chi connectivity index (χ0) is 27.1. The monoisotopic (exact) mass is 508 g/mol. The van der Waals surface area contributed by atoms with E-state index >= 15 is 0 Å². The molecule has 0 saturated carbocycles. The van der Waals surface area contributed by atoms with Crippen LogP contribution in [0.25, 0.3) is 5.57 Å². The molecule has 0 aromatic heterocycles. The predicted octanol–water partition coefficient (Wildman–Crippen LogP) is 8.29. The Morgan fingerprint density at radius 2 is 0.921 bits per heavy atom. The number of unbranched alkanes of at least 4 members (excludes halogenated alkanes) is 2. The number of hydrogen-bond acceptors (Lipinski definition) is 4. The van der Waals surface area contributed by atoms with Crippen LogP contribution >= 0.6 is 0 Å². The van der Waals surface area contributed by atoms with E-state index in [9.17, 15) is 20.4 Å². The highest BCUT2D eigenvalue weighted by Gasteiger charge is 2.35. The van der Waals surface area contributed by atoms with Gasteiger partial charge < -0.3 is 20.4 Å². The van der Waals surface area contributed by atoms with Crippen molar-refractivity contribution in [2.24, 2.45) is 0 Å². The van der Waals surface area contributed by atoms with Crippen LogP contribution in [-0.4, -0.2) is 20.4 Å². The van der Waals surface area contributed by atoms with Crippen LogP contribution in [0, 0.1) is 0 Å². The van der Waals surface area contributed by atoms with Crippen molar-refractivity contribution in [3.63, 3.8) is 0 Å². The molecule has 0 aliphatic carbocycles. The number of allylic oxidation sites excluding steroid dienone is 1. The number of phenols is 4. The van der Waals surface area contributed by atoms with Gasteiger partial charge in [-0.3, -0.25) is 0 Å². The first-order chi connectivity index (χ1) is 18.3. The van der Waals surface area contributed by atoms with Gasteiger partial charge in [-0.15, -0.1) is 0 Å². The van der Waals surface area contributed by atoms with Crippen molar-refractivity contribution in [2.75, 3.05) is 0 Å². The molecule has 4 N–H and O–H groups in total. The summed E-state index contributed by atoms with van der Waals surface area (Å²) in [6, 6.07) is 29.4. The molecule has 38 heavy (non-hydrogen) atoms. The second-order valence-electron chi connectivity index (χ2n) is 10.1. The summed E-state index contributed by atoms with van der Waals surface area (Å²) in [4.78, 5) is 0. The van der Waals surface area contributed by atoms with Crippen molar-refractivity contribution in [3.8, 4) is 23.0 Å². The first-order valence-electron chi connectivity index (χ1n) is 13.2. The van der Waals surface area contributed by atoms with Crippen molar-refractivity contribution in [3.05, 3.63) is 125 Å². The summed E-state index contributed by atoms with van der Waals surface area (Å²) in [7, 11) is 0. The largest absolute Gasteiger partial charge is 0.508 e. The van der Waals surface area contributed by atoms with Gasteiger partial charge in [0.1, 0.15) is 23.0 Å². The second kappa shape index (κ2) is 11.9. The fraction of sp³-hybridized carbons (Fsp3) is 0.235. The average molecular weight is 509 g/mol. The van der Waals surface area contributed by atoms with E-state index in [-0.39, 0.29) is 23.0 Å². The molecule has 0 aliphatic rings. The number of rotatable bonds is 10. The molecule has 0 amide bonds. The van der Waals surface area contributed by atoms with Crippen LogP contribution in [-0.2, 0) is 5.41 Å². The van der Waals surface area contributed by atoms with Crippen molar-refractivity contribution < 1.29 is 20.4 Å². The van der Waals surface area contributed by atoms with Gasteiger partial charge in [0.2, 0.25) is 0 Å². The zero-order valence-electron chi connectivity index (χ0n) is 22.1. The Balaban J connectivity index is 1.94. The molecule has 4 rings (SSSR count). The van der Waals surface area contributed by atoms with Crippen molar-refractivity contribution >= 4 is 5.57 Å². The Morgan fingerprint density at radius 1 is 0.553 bits per heavy atom. The maximum absolute atomic E-state index is 10.1. The van der Waals surface area contributed by atoms with Crippen LogP contribution in [0.4, 0.5) is 0 Å². The number of benzene rings is 4. The molecule has 196 valence electrons.